The maximum atomic E-state index is 12.9. The van der Waals surface area contributed by atoms with Gasteiger partial charge in [-0.2, -0.15) is 0 Å². The Kier molecular flexibility index (Phi) is 6.32. The van der Waals surface area contributed by atoms with Gasteiger partial charge in [0.25, 0.3) is 5.91 Å². The maximum Gasteiger partial charge on any atom is 0.255 e. The van der Waals surface area contributed by atoms with Crippen LogP contribution in [0.3, 0.4) is 0 Å². The second-order valence-electron chi connectivity index (χ2n) is 7.61. The molecule has 0 saturated heterocycles. The van der Waals surface area contributed by atoms with Crippen molar-refractivity contribution in [1.82, 2.24) is 10.2 Å². The lowest BCUT2D eigenvalue weighted by molar-refractivity contribution is -0.126. The second-order valence-corrected chi connectivity index (χ2v) is 7.61. The van der Waals surface area contributed by atoms with Crippen LogP contribution < -0.4 is 10.1 Å². The predicted molar refractivity (Wildman–Crippen MR) is 110 cm³/mol. The van der Waals surface area contributed by atoms with Gasteiger partial charge < -0.3 is 15.0 Å². The number of carbonyl (C=O) groups excluding carboxylic acids is 3. The van der Waals surface area contributed by atoms with Gasteiger partial charge in [0.2, 0.25) is 5.91 Å². The Labute approximate surface area is 170 Å². The Morgan fingerprint density at radius 1 is 1.10 bits per heavy atom. The van der Waals surface area contributed by atoms with Gasteiger partial charge in [-0.3, -0.25) is 14.4 Å². The topological polar surface area (TPSA) is 75.7 Å². The summed E-state index contributed by atoms with van der Waals surface area (Å²) in [6.07, 6.45) is 0.530. The van der Waals surface area contributed by atoms with Crippen LogP contribution in [0.1, 0.15) is 46.5 Å². The molecule has 3 rings (SSSR count). The van der Waals surface area contributed by atoms with Crippen LogP contribution in [0, 0.1) is 5.92 Å². The van der Waals surface area contributed by atoms with Crippen molar-refractivity contribution in [2.75, 3.05) is 13.7 Å². The molecule has 2 aromatic rings. The first kappa shape index (κ1) is 20.6. The lowest BCUT2D eigenvalue weighted by Crippen LogP contribution is -2.48. The molecule has 0 bridgehead atoms. The molecule has 1 atom stereocenters. The van der Waals surface area contributed by atoms with Gasteiger partial charge in [-0.15, -0.1) is 0 Å². The molecule has 6 nitrogen and oxygen atoms in total. The van der Waals surface area contributed by atoms with Crippen LogP contribution in [-0.4, -0.2) is 42.2 Å². The number of amides is 2. The predicted octanol–water partition coefficient (Wildman–Crippen LogP) is 3.06. The summed E-state index contributed by atoms with van der Waals surface area (Å²) < 4.78 is 5.09. The van der Waals surface area contributed by atoms with E-state index in [0.717, 1.165) is 5.56 Å². The van der Waals surface area contributed by atoms with Crippen molar-refractivity contribution in [1.29, 1.82) is 0 Å². The molecule has 1 aliphatic heterocycles. The number of nitrogens with zero attached hydrogens (tertiary/aromatic N) is 1. The highest BCUT2D eigenvalue weighted by Crippen LogP contribution is 2.26. The van der Waals surface area contributed by atoms with E-state index in [1.807, 2.05) is 32.0 Å². The zero-order valence-corrected chi connectivity index (χ0v) is 17.0. The maximum absolute atomic E-state index is 12.9. The first-order valence-corrected chi connectivity index (χ1v) is 9.74. The van der Waals surface area contributed by atoms with Crippen LogP contribution in [0.5, 0.6) is 5.75 Å². The first-order chi connectivity index (χ1) is 13.9. The van der Waals surface area contributed by atoms with Crippen molar-refractivity contribution in [3.05, 3.63) is 65.2 Å². The average Bonchev–Trinajstić information content (AvgIpc) is 3.06. The first-order valence-electron chi connectivity index (χ1n) is 9.74. The van der Waals surface area contributed by atoms with E-state index in [-0.39, 0.29) is 30.1 Å². The van der Waals surface area contributed by atoms with Crippen molar-refractivity contribution >= 4 is 17.6 Å². The zero-order valence-electron chi connectivity index (χ0n) is 17.0. The summed E-state index contributed by atoms with van der Waals surface area (Å²) in [7, 11) is 1.56. The van der Waals surface area contributed by atoms with Crippen LogP contribution in [0.2, 0.25) is 0 Å². The molecule has 0 radical (unpaired) electrons. The molecule has 1 N–H and O–H groups in total. The molecule has 0 unspecified atom stereocenters. The van der Waals surface area contributed by atoms with E-state index in [2.05, 4.69) is 5.32 Å². The van der Waals surface area contributed by atoms with E-state index in [4.69, 9.17) is 4.74 Å². The number of methoxy groups -OCH3 is 1. The molecule has 1 aliphatic rings. The van der Waals surface area contributed by atoms with Crippen molar-refractivity contribution < 1.29 is 19.1 Å². The van der Waals surface area contributed by atoms with Gasteiger partial charge in [-0.1, -0.05) is 32.0 Å². The molecule has 2 amide bonds. The van der Waals surface area contributed by atoms with E-state index in [0.29, 0.717) is 29.8 Å². The van der Waals surface area contributed by atoms with E-state index in [1.165, 1.54) is 0 Å². The third-order valence-corrected chi connectivity index (χ3v) is 5.06. The van der Waals surface area contributed by atoms with Crippen LogP contribution in [-0.2, 0) is 11.3 Å². The minimum Gasteiger partial charge on any atom is -0.497 e. The van der Waals surface area contributed by atoms with Crippen LogP contribution >= 0.6 is 0 Å². The fourth-order valence-electron chi connectivity index (χ4n) is 3.52. The molecule has 2 aromatic carbocycles. The molecule has 152 valence electrons. The molecular weight excluding hydrogens is 368 g/mol. The van der Waals surface area contributed by atoms with Gasteiger partial charge in [0.05, 0.1) is 13.7 Å². The van der Waals surface area contributed by atoms with Crippen molar-refractivity contribution in [3.8, 4) is 5.75 Å². The summed E-state index contributed by atoms with van der Waals surface area (Å²) in [4.78, 5) is 39.8. The summed E-state index contributed by atoms with van der Waals surface area (Å²) in [5.74, 6) is 0.249. The molecule has 0 spiro atoms. The zero-order chi connectivity index (χ0) is 21.0. The minimum atomic E-state index is -0.612. The van der Waals surface area contributed by atoms with E-state index in [1.54, 1.807) is 42.3 Å². The Morgan fingerprint density at radius 3 is 2.41 bits per heavy atom. The van der Waals surface area contributed by atoms with Crippen LogP contribution in [0.15, 0.2) is 48.5 Å². The summed E-state index contributed by atoms with van der Waals surface area (Å²) in [5, 5.41) is 2.73. The second kappa shape index (κ2) is 8.90. The van der Waals surface area contributed by atoms with Crippen molar-refractivity contribution in [2.24, 2.45) is 5.92 Å². The van der Waals surface area contributed by atoms with Gasteiger partial charge in [-0.05, 0) is 48.2 Å². The van der Waals surface area contributed by atoms with Crippen LogP contribution in [0.4, 0.5) is 0 Å². The lowest BCUT2D eigenvalue weighted by Gasteiger charge is -2.28. The van der Waals surface area contributed by atoms with Gasteiger partial charge in [0.1, 0.15) is 11.8 Å². The Morgan fingerprint density at radius 2 is 1.79 bits per heavy atom. The number of nitrogens with one attached hydrogen (secondary N) is 1. The molecule has 0 saturated carbocycles. The minimum absolute atomic E-state index is 0.116. The largest absolute Gasteiger partial charge is 0.497 e. The van der Waals surface area contributed by atoms with Gasteiger partial charge >= 0.3 is 0 Å². The fourth-order valence-corrected chi connectivity index (χ4v) is 3.52. The number of ether oxygens (including phenoxy) is 1. The smallest absolute Gasteiger partial charge is 0.255 e. The number of fused-ring (bicyclic) bond motifs is 1. The van der Waals surface area contributed by atoms with Crippen molar-refractivity contribution in [3.63, 3.8) is 0 Å². The number of ketones is 1. The summed E-state index contributed by atoms with van der Waals surface area (Å²) in [5.41, 5.74) is 2.06. The Hall–Kier alpha value is -3.15. The van der Waals surface area contributed by atoms with Crippen LogP contribution in [0.25, 0.3) is 0 Å². The van der Waals surface area contributed by atoms with Gasteiger partial charge in [-0.25, -0.2) is 0 Å². The fraction of sp³-hybridized carbons (Fsp3) is 0.348. The summed E-state index contributed by atoms with van der Waals surface area (Å²) >= 11 is 0. The number of carbonyl (C=O) groups is 3. The molecule has 6 heteroatoms. The highest BCUT2D eigenvalue weighted by molar-refractivity contribution is 6.02. The highest BCUT2D eigenvalue weighted by Gasteiger charge is 2.36. The molecule has 0 fully saturated rings. The standard InChI is InChI=1S/C23H26N2O4/c1-15(2)12-20(25-14-17-6-4-5-7-19(17)23(25)28)22(27)24-13-21(26)16-8-10-18(29-3)11-9-16/h4-11,15,20H,12-14H2,1-3H3,(H,24,27)/t20-/m1/s1. The number of Topliss-reactive ketones (excluding diaryl/α,β-unsaturated/α-hetero) is 1. The Balaban J connectivity index is 1.68. The highest BCUT2D eigenvalue weighted by atomic mass is 16.5. The molecule has 0 aliphatic carbocycles. The Bertz CT molecular complexity index is 905. The van der Waals surface area contributed by atoms with Gasteiger partial charge in [0, 0.05) is 17.7 Å². The third-order valence-electron chi connectivity index (χ3n) is 5.06. The van der Waals surface area contributed by atoms with Gasteiger partial charge in [0.15, 0.2) is 5.78 Å². The third kappa shape index (κ3) is 4.65. The normalized spacial score (nSPS) is 13.9. The van der Waals surface area contributed by atoms with E-state index in [9.17, 15) is 14.4 Å². The monoisotopic (exact) mass is 394 g/mol. The number of hydrogen-bond acceptors (Lipinski definition) is 4. The molecular formula is C23H26N2O4. The number of rotatable bonds is 8. The molecule has 0 aromatic heterocycles. The van der Waals surface area contributed by atoms with E-state index < -0.39 is 6.04 Å². The molecule has 29 heavy (non-hydrogen) atoms. The van der Waals surface area contributed by atoms with Crippen molar-refractivity contribution in [2.45, 2.75) is 32.9 Å². The quantitative estimate of drug-likeness (QED) is 0.698. The lowest BCUT2D eigenvalue weighted by atomic mass is 10.0. The average molecular weight is 394 g/mol. The summed E-state index contributed by atoms with van der Waals surface area (Å²) in [6.45, 7) is 4.31. The number of hydrogen-bond donors (Lipinski definition) is 1. The molecule has 1 heterocycles. The SMILES string of the molecule is COc1ccc(C(=O)CNC(=O)[C@@H](CC(C)C)N2Cc3ccccc3C2=O)cc1. The van der Waals surface area contributed by atoms with E-state index >= 15 is 0 Å². The number of benzene rings is 2. The summed E-state index contributed by atoms with van der Waals surface area (Å²) in [6, 6.07) is 13.5.